The minimum absolute atomic E-state index is 0.0134. The smallest absolute Gasteiger partial charge is 0.275 e. The monoisotopic (exact) mass is 340 g/mol. The first-order valence-corrected chi connectivity index (χ1v) is 9.18. The van der Waals surface area contributed by atoms with Crippen molar-refractivity contribution < 1.29 is 9.53 Å². The lowest BCUT2D eigenvalue weighted by atomic mass is 9.95. The van der Waals surface area contributed by atoms with Crippen LogP contribution in [0, 0.1) is 0 Å². The molecule has 6 heteroatoms. The number of ether oxygens (including phenoxy) is 1. The number of H-pyrrole nitrogens is 1. The quantitative estimate of drug-likeness (QED) is 0.908. The summed E-state index contributed by atoms with van der Waals surface area (Å²) >= 11 is 0. The molecule has 1 fully saturated rings. The molecule has 0 saturated carbocycles. The van der Waals surface area contributed by atoms with E-state index in [1.807, 2.05) is 23.1 Å². The van der Waals surface area contributed by atoms with Crippen molar-refractivity contribution in [2.75, 3.05) is 13.2 Å². The van der Waals surface area contributed by atoms with Gasteiger partial charge in [-0.1, -0.05) is 6.07 Å². The summed E-state index contributed by atoms with van der Waals surface area (Å²) in [6.45, 7) is 1.87. The van der Waals surface area contributed by atoms with Gasteiger partial charge in [0, 0.05) is 30.6 Å². The van der Waals surface area contributed by atoms with E-state index in [1.54, 1.807) is 6.20 Å². The van der Waals surface area contributed by atoms with Crippen LogP contribution in [0.4, 0.5) is 0 Å². The number of pyridine rings is 1. The Morgan fingerprint density at radius 2 is 2.20 bits per heavy atom. The van der Waals surface area contributed by atoms with Gasteiger partial charge >= 0.3 is 0 Å². The lowest BCUT2D eigenvalue weighted by Crippen LogP contribution is -2.37. The first kappa shape index (κ1) is 16.3. The summed E-state index contributed by atoms with van der Waals surface area (Å²) < 4.78 is 5.76. The van der Waals surface area contributed by atoms with Crippen LogP contribution in [0.2, 0.25) is 0 Å². The summed E-state index contributed by atoms with van der Waals surface area (Å²) in [7, 11) is 0. The molecule has 2 aromatic heterocycles. The SMILES string of the molecule is O=C(c1n[nH]c2c1CCCC2)N(Cc1ccccn1)CC1CCCO1. The number of fused-ring (bicyclic) bond motifs is 1. The van der Waals surface area contributed by atoms with E-state index < -0.39 is 0 Å². The fraction of sp³-hybridized carbons (Fsp3) is 0.526. The highest BCUT2D eigenvalue weighted by atomic mass is 16.5. The Bertz CT molecular complexity index is 722. The van der Waals surface area contributed by atoms with Gasteiger partial charge < -0.3 is 9.64 Å². The van der Waals surface area contributed by atoms with Crippen molar-refractivity contribution in [2.45, 2.75) is 51.2 Å². The van der Waals surface area contributed by atoms with Crippen molar-refractivity contribution >= 4 is 5.91 Å². The number of rotatable bonds is 5. The first-order chi connectivity index (χ1) is 12.3. The number of carbonyl (C=O) groups excluding carboxylic acids is 1. The van der Waals surface area contributed by atoms with Crippen molar-refractivity contribution in [3.8, 4) is 0 Å². The summed E-state index contributed by atoms with van der Waals surface area (Å²) in [5.74, 6) is -0.0134. The number of nitrogens with one attached hydrogen (secondary N) is 1. The molecular weight excluding hydrogens is 316 g/mol. The minimum Gasteiger partial charge on any atom is -0.376 e. The van der Waals surface area contributed by atoms with Crippen molar-refractivity contribution in [3.63, 3.8) is 0 Å². The van der Waals surface area contributed by atoms with Gasteiger partial charge in [-0.25, -0.2) is 0 Å². The van der Waals surface area contributed by atoms with E-state index in [-0.39, 0.29) is 12.0 Å². The van der Waals surface area contributed by atoms with Crippen molar-refractivity contribution in [2.24, 2.45) is 0 Å². The van der Waals surface area contributed by atoms with Crippen LogP contribution >= 0.6 is 0 Å². The molecule has 6 nitrogen and oxygen atoms in total. The van der Waals surface area contributed by atoms with Gasteiger partial charge in [0.15, 0.2) is 5.69 Å². The summed E-state index contributed by atoms with van der Waals surface area (Å²) in [5, 5.41) is 7.43. The average molecular weight is 340 g/mol. The molecule has 1 N–H and O–H groups in total. The van der Waals surface area contributed by atoms with Gasteiger partial charge in [-0.05, 0) is 50.7 Å². The van der Waals surface area contributed by atoms with Crippen LogP contribution in [-0.2, 0) is 24.1 Å². The third kappa shape index (κ3) is 3.58. The maximum absolute atomic E-state index is 13.2. The standard InChI is InChI=1S/C19H24N4O2/c24-19(18-16-8-1-2-9-17(16)21-22-18)23(13-15-7-5-11-25-15)12-14-6-3-4-10-20-14/h3-4,6,10,15H,1-2,5,7-9,11-13H2,(H,21,22). The molecule has 0 spiro atoms. The van der Waals surface area contributed by atoms with E-state index in [4.69, 9.17) is 4.74 Å². The highest BCUT2D eigenvalue weighted by molar-refractivity contribution is 5.94. The Morgan fingerprint density at radius 3 is 3.00 bits per heavy atom. The van der Waals surface area contributed by atoms with Crippen molar-refractivity contribution in [1.29, 1.82) is 0 Å². The molecule has 0 radical (unpaired) electrons. The van der Waals surface area contributed by atoms with Gasteiger partial charge in [-0.3, -0.25) is 14.9 Å². The van der Waals surface area contributed by atoms with Gasteiger partial charge in [0.2, 0.25) is 0 Å². The van der Waals surface area contributed by atoms with E-state index >= 15 is 0 Å². The zero-order chi connectivity index (χ0) is 17.1. The van der Waals surface area contributed by atoms with E-state index in [1.165, 1.54) is 0 Å². The van der Waals surface area contributed by atoms with Crippen LogP contribution in [0.5, 0.6) is 0 Å². The maximum atomic E-state index is 13.2. The van der Waals surface area contributed by atoms with Gasteiger partial charge in [0.25, 0.3) is 5.91 Å². The Kier molecular flexibility index (Phi) is 4.78. The second-order valence-corrected chi connectivity index (χ2v) is 6.88. The molecule has 25 heavy (non-hydrogen) atoms. The summed E-state index contributed by atoms with van der Waals surface area (Å²) in [6.07, 6.45) is 8.16. The fourth-order valence-electron chi connectivity index (χ4n) is 3.75. The van der Waals surface area contributed by atoms with Gasteiger partial charge in [-0.2, -0.15) is 5.10 Å². The molecule has 1 amide bonds. The first-order valence-electron chi connectivity index (χ1n) is 9.18. The zero-order valence-electron chi connectivity index (χ0n) is 14.4. The Hall–Kier alpha value is -2.21. The number of hydrogen-bond acceptors (Lipinski definition) is 4. The molecule has 1 unspecified atom stereocenters. The molecule has 1 saturated heterocycles. The number of aromatic nitrogens is 3. The molecule has 2 aliphatic rings. The van der Waals surface area contributed by atoms with E-state index in [0.29, 0.717) is 18.8 Å². The zero-order valence-corrected chi connectivity index (χ0v) is 14.4. The third-order valence-electron chi connectivity index (χ3n) is 5.07. The Morgan fingerprint density at radius 1 is 1.28 bits per heavy atom. The normalized spacial score (nSPS) is 19.6. The molecule has 4 rings (SSSR count). The lowest BCUT2D eigenvalue weighted by Gasteiger charge is -2.25. The summed E-state index contributed by atoms with van der Waals surface area (Å²) in [5.41, 5.74) is 3.71. The third-order valence-corrected chi connectivity index (χ3v) is 5.07. The summed E-state index contributed by atoms with van der Waals surface area (Å²) in [6, 6.07) is 5.79. The van der Waals surface area contributed by atoms with Crippen LogP contribution < -0.4 is 0 Å². The molecule has 1 aliphatic carbocycles. The van der Waals surface area contributed by atoms with Gasteiger partial charge in [-0.15, -0.1) is 0 Å². The van der Waals surface area contributed by atoms with Crippen LogP contribution in [0.25, 0.3) is 0 Å². The Balaban J connectivity index is 1.57. The number of amides is 1. The Labute approximate surface area is 147 Å². The van der Waals surface area contributed by atoms with Crippen molar-refractivity contribution in [3.05, 3.63) is 47.0 Å². The number of carbonyl (C=O) groups is 1. The highest BCUT2D eigenvalue weighted by Gasteiger charge is 2.28. The van der Waals surface area contributed by atoms with Crippen LogP contribution in [0.3, 0.4) is 0 Å². The topological polar surface area (TPSA) is 71.1 Å². The molecule has 3 heterocycles. The van der Waals surface area contributed by atoms with E-state index in [0.717, 1.165) is 62.1 Å². The second-order valence-electron chi connectivity index (χ2n) is 6.88. The predicted molar refractivity (Wildman–Crippen MR) is 93.2 cm³/mol. The largest absolute Gasteiger partial charge is 0.376 e. The number of aromatic amines is 1. The maximum Gasteiger partial charge on any atom is 0.275 e. The molecule has 0 bridgehead atoms. The van der Waals surface area contributed by atoms with Gasteiger partial charge in [0.05, 0.1) is 18.3 Å². The molecule has 132 valence electrons. The van der Waals surface area contributed by atoms with Gasteiger partial charge in [0.1, 0.15) is 0 Å². The van der Waals surface area contributed by atoms with Crippen LogP contribution in [-0.4, -0.2) is 45.2 Å². The number of nitrogens with zero attached hydrogens (tertiary/aromatic N) is 3. The van der Waals surface area contributed by atoms with Crippen molar-refractivity contribution in [1.82, 2.24) is 20.1 Å². The molecule has 1 atom stereocenters. The van der Waals surface area contributed by atoms with E-state index in [9.17, 15) is 4.79 Å². The lowest BCUT2D eigenvalue weighted by molar-refractivity contribution is 0.0499. The highest BCUT2D eigenvalue weighted by Crippen LogP contribution is 2.24. The molecule has 1 aliphatic heterocycles. The fourth-order valence-corrected chi connectivity index (χ4v) is 3.75. The minimum atomic E-state index is -0.0134. The summed E-state index contributed by atoms with van der Waals surface area (Å²) in [4.78, 5) is 19.5. The molecule has 0 aromatic carbocycles. The number of hydrogen-bond donors (Lipinski definition) is 1. The van der Waals surface area contributed by atoms with Crippen LogP contribution in [0.15, 0.2) is 24.4 Å². The predicted octanol–water partition coefficient (Wildman–Crippen LogP) is 2.50. The molecule has 2 aromatic rings. The average Bonchev–Trinajstić information content (AvgIpc) is 3.31. The second kappa shape index (κ2) is 7.35. The molecular formula is C19H24N4O2. The number of aryl methyl sites for hydroxylation is 1. The van der Waals surface area contributed by atoms with E-state index in [2.05, 4.69) is 15.2 Å². The van der Waals surface area contributed by atoms with Crippen LogP contribution in [0.1, 0.15) is 53.1 Å².